The van der Waals surface area contributed by atoms with Crippen LogP contribution in [0.4, 0.5) is 20.2 Å². The van der Waals surface area contributed by atoms with Gasteiger partial charge in [0, 0.05) is 6.07 Å². The van der Waals surface area contributed by atoms with Gasteiger partial charge in [-0.1, -0.05) is 0 Å². The van der Waals surface area contributed by atoms with Crippen molar-refractivity contribution in [2.75, 3.05) is 24.7 Å². The molecule has 0 saturated heterocycles. The molecule has 0 spiro atoms. The van der Waals surface area contributed by atoms with Crippen LogP contribution in [0, 0.1) is 11.6 Å². The summed E-state index contributed by atoms with van der Waals surface area (Å²) in [6, 6.07) is 1.67. The lowest BCUT2D eigenvalue weighted by molar-refractivity contribution is -0.138. The third-order valence-corrected chi connectivity index (χ3v) is 1.75. The molecule has 4 nitrogen and oxygen atoms in total. The average Bonchev–Trinajstić information content (AvgIpc) is 2.20. The van der Waals surface area contributed by atoms with E-state index in [4.69, 9.17) is 5.73 Å². The van der Waals surface area contributed by atoms with Crippen LogP contribution in [0.25, 0.3) is 0 Å². The summed E-state index contributed by atoms with van der Waals surface area (Å²) in [6.07, 6.45) is 0. The molecule has 0 aromatic heterocycles. The van der Waals surface area contributed by atoms with E-state index in [1.165, 1.54) is 7.11 Å². The maximum atomic E-state index is 12.9. The van der Waals surface area contributed by atoms with Crippen molar-refractivity contribution in [3.63, 3.8) is 0 Å². The van der Waals surface area contributed by atoms with Gasteiger partial charge in [0.15, 0.2) is 5.82 Å². The highest BCUT2D eigenvalue weighted by molar-refractivity contribution is 5.77. The van der Waals surface area contributed by atoms with Gasteiger partial charge in [-0.25, -0.2) is 8.78 Å². The van der Waals surface area contributed by atoms with E-state index in [1.807, 2.05) is 0 Å². The van der Waals surface area contributed by atoms with E-state index in [9.17, 15) is 13.6 Å². The van der Waals surface area contributed by atoms with Crippen LogP contribution in [0.15, 0.2) is 12.1 Å². The van der Waals surface area contributed by atoms with Gasteiger partial charge in [0.2, 0.25) is 0 Å². The first-order valence-corrected chi connectivity index (χ1v) is 4.09. The Morgan fingerprint density at radius 1 is 1.53 bits per heavy atom. The van der Waals surface area contributed by atoms with Crippen LogP contribution in [0.5, 0.6) is 0 Å². The lowest BCUT2D eigenvalue weighted by atomic mass is 10.2. The fraction of sp³-hybridized carbons (Fsp3) is 0.222. The number of halogens is 2. The zero-order valence-corrected chi connectivity index (χ0v) is 8.01. The minimum Gasteiger partial charge on any atom is -0.468 e. The number of methoxy groups -OCH3 is 1. The summed E-state index contributed by atoms with van der Waals surface area (Å²) in [4.78, 5) is 10.8. The number of anilines is 2. The summed E-state index contributed by atoms with van der Waals surface area (Å²) >= 11 is 0. The van der Waals surface area contributed by atoms with Crippen LogP contribution >= 0.6 is 0 Å². The first-order chi connectivity index (χ1) is 7.04. The summed E-state index contributed by atoms with van der Waals surface area (Å²) < 4.78 is 30.0. The van der Waals surface area contributed by atoms with Crippen molar-refractivity contribution < 1.29 is 18.3 Å². The van der Waals surface area contributed by atoms with Crippen LogP contribution in [-0.2, 0) is 9.53 Å². The number of esters is 1. The van der Waals surface area contributed by atoms with Crippen LogP contribution in [0.1, 0.15) is 0 Å². The minimum absolute atomic E-state index is 0.0258. The summed E-state index contributed by atoms with van der Waals surface area (Å²) in [5.74, 6) is -2.20. The smallest absolute Gasteiger partial charge is 0.325 e. The molecular formula is C9H10F2N2O2. The number of carbonyl (C=O) groups is 1. The highest BCUT2D eigenvalue weighted by atomic mass is 19.1. The highest BCUT2D eigenvalue weighted by Crippen LogP contribution is 2.22. The molecule has 6 heteroatoms. The number of benzene rings is 1. The molecule has 0 unspecified atom stereocenters. The Balaban J connectivity index is 2.81. The Morgan fingerprint density at radius 2 is 2.20 bits per heavy atom. The monoisotopic (exact) mass is 216 g/mol. The molecule has 0 fully saturated rings. The number of nitrogens with two attached hydrogens (primary N) is 1. The van der Waals surface area contributed by atoms with E-state index in [2.05, 4.69) is 10.1 Å². The molecule has 0 heterocycles. The molecule has 1 aromatic carbocycles. The number of rotatable bonds is 3. The van der Waals surface area contributed by atoms with Gasteiger partial charge in [0.25, 0.3) is 0 Å². The van der Waals surface area contributed by atoms with Gasteiger partial charge >= 0.3 is 5.97 Å². The van der Waals surface area contributed by atoms with Crippen molar-refractivity contribution in [3.8, 4) is 0 Å². The largest absolute Gasteiger partial charge is 0.468 e. The normalized spacial score (nSPS) is 9.80. The first kappa shape index (κ1) is 11.2. The number of nitrogens with one attached hydrogen (secondary N) is 1. The molecule has 0 radical (unpaired) electrons. The van der Waals surface area contributed by atoms with Gasteiger partial charge in [-0.2, -0.15) is 0 Å². The lowest BCUT2D eigenvalue weighted by Gasteiger charge is -2.08. The second-order valence-electron chi connectivity index (χ2n) is 2.78. The third-order valence-electron chi connectivity index (χ3n) is 1.75. The zero-order valence-electron chi connectivity index (χ0n) is 8.01. The number of hydrogen-bond acceptors (Lipinski definition) is 4. The van der Waals surface area contributed by atoms with E-state index in [1.54, 1.807) is 0 Å². The average molecular weight is 216 g/mol. The zero-order chi connectivity index (χ0) is 11.4. The fourth-order valence-electron chi connectivity index (χ4n) is 0.971. The molecule has 1 rings (SSSR count). The number of nitrogen functional groups attached to an aromatic ring is 1. The molecular weight excluding hydrogens is 206 g/mol. The van der Waals surface area contributed by atoms with Crippen molar-refractivity contribution in [3.05, 3.63) is 23.8 Å². The van der Waals surface area contributed by atoms with Gasteiger partial charge in [-0.3, -0.25) is 4.79 Å². The van der Waals surface area contributed by atoms with E-state index < -0.39 is 17.6 Å². The van der Waals surface area contributed by atoms with E-state index in [0.29, 0.717) is 6.07 Å². The van der Waals surface area contributed by atoms with Gasteiger partial charge in [-0.15, -0.1) is 0 Å². The Morgan fingerprint density at radius 3 is 2.80 bits per heavy atom. The molecule has 15 heavy (non-hydrogen) atoms. The van der Waals surface area contributed by atoms with Crippen molar-refractivity contribution in [1.29, 1.82) is 0 Å². The quantitative estimate of drug-likeness (QED) is 0.587. The second kappa shape index (κ2) is 4.59. The maximum Gasteiger partial charge on any atom is 0.325 e. The fourth-order valence-corrected chi connectivity index (χ4v) is 0.971. The molecule has 3 N–H and O–H groups in total. The van der Waals surface area contributed by atoms with E-state index in [0.717, 1.165) is 6.07 Å². The topological polar surface area (TPSA) is 64.3 Å². The molecule has 0 saturated carbocycles. The maximum absolute atomic E-state index is 12.9. The first-order valence-electron chi connectivity index (χ1n) is 4.09. The second-order valence-corrected chi connectivity index (χ2v) is 2.78. The standard InChI is InChI=1S/C9H10F2N2O2/c1-15-8(14)4-13-7-3-5(10)2-6(11)9(7)12/h2-3,13H,4,12H2,1H3. The molecule has 0 atom stereocenters. The van der Waals surface area contributed by atoms with Crippen LogP contribution in [-0.4, -0.2) is 19.6 Å². The Labute approximate surface area is 85.0 Å². The van der Waals surface area contributed by atoms with E-state index >= 15 is 0 Å². The molecule has 0 amide bonds. The van der Waals surface area contributed by atoms with Crippen LogP contribution in [0.2, 0.25) is 0 Å². The molecule has 0 aliphatic carbocycles. The van der Waals surface area contributed by atoms with Gasteiger partial charge < -0.3 is 15.8 Å². The summed E-state index contributed by atoms with van der Waals surface area (Å²) in [6.45, 7) is -0.205. The van der Waals surface area contributed by atoms with Crippen molar-refractivity contribution in [2.45, 2.75) is 0 Å². The van der Waals surface area contributed by atoms with Gasteiger partial charge in [0.1, 0.15) is 12.4 Å². The number of hydrogen-bond donors (Lipinski definition) is 2. The number of ether oxygens (including phenoxy) is 1. The Hall–Kier alpha value is -1.85. The SMILES string of the molecule is COC(=O)CNc1cc(F)cc(F)c1N. The summed E-state index contributed by atoms with van der Waals surface area (Å²) in [7, 11) is 1.21. The summed E-state index contributed by atoms with van der Waals surface area (Å²) in [5.41, 5.74) is 5.11. The van der Waals surface area contributed by atoms with E-state index in [-0.39, 0.29) is 17.9 Å². The third kappa shape index (κ3) is 2.80. The number of carbonyl (C=O) groups excluding carboxylic acids is 1. The Kier molecular flexibility index (Phi) is 3.43. The highest BCUT2D eigenvalue weighted by Gasteiger charge is 2.09. The predicted octanol–water partition coefficient (Wildman–Crippen LogP) is 1.13. The lowest BCUT2D eigenvalue weighted by Crippen LogP contribution is -2.16. The molecule has 0 aliphatic heterocycles. The summed E-state index contributed by atoms with van der Waals surface area (Å²) in [5, 5.41) is 2.47. The molecule has 82 valence electrons. The van der Waals surface area contributed by atoms with Crippen LogP contribution < -0.4 is 11.1 Å². The molecule has 0 aliphatic rings. The van der Waals surface area contributed by atoms with Crippen molar-refractivity contribution in [1.82, 2.24) is 0 Å². The van der Waals surface area contributed by atoms with Gasteiger partial charge in [-0.05, 0) is 6.07 Å². The van der Waals surface area contributed by atoms with Gasteiger partial charge in [0.05, 0.1) is 18.5 Å². The predicted molar refractivity (Wildman–Crippen MR) is 51.3 cm³/mol. The Bertz CT molecular complexity index is 383. The van der Waals surface area contributed by atoms with Crippen molar-refractivity contribution in [2.24, 2.45) is 0 Å². The van der Waals surface area contributed by atoms with Crippen molar-refractivity contribution >= 4 is 17.3 Å². The molecule has 1 aromatic rings. The molecule has 0 bridgehead atoms. The minimum atomic E-state index is -0.873. The van der Waals surface area contributed by atoms with Crippen LogP contribution in [0.3, 0.4) is 0 Å².